The minimum atomic E-state index is -0.779. The number of thiophene rings is 1. The lowest BCUT2D eigenvalue weighted by Gasteiger charge is -2.09. The van der Waals surface area contributed by atoms with Gasteiger partial charge in [0.15, 0.2) is 6.61 Å². The summed E-state index contributed by atoms with van der Waals surface area (Å²) in [5, 5.41) is 5.38. The summed E-state index contributed by atoms with van der Waals surface area (Å²) >= 11 is 1.28. The van der Waals surface area contributed by atoms with Gasteiger partial charge < -0.3 is 24.8 Å². The summed E-state index contributed by atoms with van der Waals surface area (Å²) in [7, 11) is 1.48. The van der Waals surface area contributed by atoms with Crippen molar-refractivity contribution >= 4 is 40.1 Å². The van der Waals surface area contributed by atoms with E-state index in [-0.39, 0.29) is 6.61 Å². The predicted octanol–water partition coefficient (Wildman–Crippen LogP) is 2.72. The fourth-order valence-electron chi connectivity index (χ4n) is 2.81. The van der Waals surface area contributed by atoms with E-state index < -0.39 is 36.9 Å². The number of amides is 2. The maximum absolute atomic E-state index is 12.3. The van der Waals surface area contributed by atoms with E-state index in [1.807, 2.05) is 6.92 Å². The van der Waals surface area contributed by atoms with Crippen molar-refractivity contribution in [2.45, 2.75) is 27.2 Å². The topological polar surface area (TPSA) is 120 Å². The first-order valence-electron chi connectivity index (χ1n) is 9.97. The van der Waals surface area contributed by atoms with Crippen molar-refractivity contribution in [2.24, 2.45) is 0 Å². The maximum Gasteiger partial charge on any atom is 0.341 e. The molecule has 0 aliphatic carbocycles. The lowest BCUT2D eigenvalue weighted by molar-refractivity contribution is -0.146. The van der Waals surface area contributed by atoms with Crippen molar-refractivity contribution in [3.05, 3.63) is 45.8 Å². The molecule has 0 aliphatic heterocycles. The van der Waals surface area contributed by atoms with Crippen LogP contribution in [0.2, 0.25) is 0 Å². The number of nitrogens with one attached hydrogen (secondary N) is 2. The van der Waals surface area contributed by atoms with Crippen LogP contribution in [0.1, 0.15) is 45.0 Å². The van der Waals surface area contributed by atoms with E-state index in [1.54, 1.807) is 32.0 Å². The van der Waals surface area contributed by atoms with E-state index in [1.165, 1.54) is 24.5 Å². The summed E-state index contributed by atoms with van der Waals surface area (Å²) in [5.74, 6) is -1.88. The number of ether oxygens (including phenoxy) is 3. The Morgan fingerprint density at radius 3 is 2.50 bits per heavy atom. The van der Waals surface area contributed by atoms with Gasteiger partial charge in [0.2, 0.25) is 0 Å². The molecule has 0 saturated carbocycles. The average molecular weight is 463 g/mol. The first-order valence-corrected chi connectivity index (χ1v) is 10.8. The Morgan fingerprint density at radius 1 is 1.09 bits per heavy atom. The molecule has 9 nitrogen and oxygen atoms in total. The van der Waals surface area contributed by atoms with Crippen LogP contribution < -0.4 is 15.4 Å². The third-order valence-electron chi connectivity index (χ3n) is 4.39. The van der Waals surface area contributed by atoms with Crippen molar-refractivity contribution in [3.8, 4) is 5.75 Å². The molecule has 0 unspecified atom stereocenters. The van der Waals surface area contributed by atoms with Crippen LogP contribution in [-0.2, 0) is 25.5 Å². The largest absolute Gasteiger partial charge is 0.497 e. The first kappa shape index (κ1) is 24.9. The van der Waals surface area contributed by atoms with Gasteiger partial charge >= 0.3 is 11.9 Å². The fraction of sp³-hybridized carbons (Fsp3) is 0.364. The molecule has 1 heterocycles. The number of benzene rings is 1. The minimum absolute atomic E-state index is 0.210. The maximum atomic E-state index is 12.3. The number of hydrogen-bond acceptors (Lipinski definition) is 8. The molecular formula is C22H26N2O7S. The Labute approximate surface area is 190 Å². The van der Waals surface area contributed by atoms with E-state index >= 15 is 0 Å². The van der Waals surface area contributed by atoms with E-state index in [4.69, 9.17) is 14.2 Å². The number of esters is 2. The molecule has 0 aliphatic rings. The van der Waals surface area contributed by atoms with Crippen LogP contribution in [0.15, 0.2) is 24.3 Å². The molecule has 2 aromatic rings. The molecular weight excluding hydrogens is 436 g/mol. The molecule has 10 heteroatoms. The van der Waals surface area contributed by atoms with Gasteiger partial charge in [-0.1, -0.05) is 13.0 Å². The van der Waals surface area contributed by atoms with Gasteiger partial charge in [0, 0.05) is 10.4 Å². The minimum Gasteiger partial charge on any atom is -0.497 e. The molecule has 32 heavy (non-hydrogen) atoms. The molecule has 0 bridgehead atoms. The number of anilines is 1. The highest BCUT2D eigenvalue weighted by Gasteiger charge is 2.23. The molecule has 0 radical (unpaired) electrons. The van der Waals surface area contributed by atoms with Crippen LogP contribution >= 0.6 is 11.3 Å². The molecule has 1 aromatic carbocycles. The van der Waals surface area contributed by atoms with Gasteiger partial charge in [0.25, 0.3) is 11.8 Å². The number of carbonyl (C=O) groups is 4. The lowest BCUT2D eigenvalue weighted by atomic mass is 10.1. The Kier molecular flexibility index (Phi) is 9.21. The van der Waals surface area contributed by atoms with E-state index in [9.17, 15) is 19.2 Å². The van der Waals surface area contributed by atoms with E-state index in [2.05, 4.69) is 10.6 Å². The van der Waals surface area contributed by atoms with Crippen LogP contribution in [0.3, 0.4) is 0 Å². The fourth-order valence-corrected chi connectivity index (χ4v) is 3.96. The van der Waals surface area contributed by atoms with Crippen LogP contribution in [0, 0.1) is 6.92 Å². The predicted molar refractivity (Wildman–Crippen MR) is 119 cm³/mol. The first-order chi connectivity index (χ1) is 15.3. The van der Waals surface area contributed by atoms with Crippen LogP contribution in [0.5, 0.6) is 5.75 Å². The van der Waals surface area contributed by atoms with Crippen molar-refractivity contribution in [1.82, 2.24) is 5.32 Å². The number of aryl methyl sites for hydroxylation is 1. The quantitative estimate of drug-likeness (QED) is 0.521. The van der Waals surface area contributed by atoms with Crippen molar-refractivity contribution < 1.29 is 33.4 Å². The van der Waals surface area contributed by atoms with Gasteiger partial charge in [-0.05, 0) is 44.0 Å². The van der Waals surface area contributed by atoms with E-state index in [0.29, 0.717) is 28.3 Å². The summed E-state index contributed by atoms with van der Waals surface area (Å²) in [6, 6.07) is 6.45. The molecule has 1 aromatic heterocycles. The number of carbonyl (C=O) groups excluding carboxylic acids is 4. The molecule has 0 saturated heterocycles. The zero-order valence-electron chi connectivity index (χ0n) is 18.4. The van der Waals surface area contributed by atoms with E-state index in [0.717, 1.165) is 10.4 Å². The van der Waals surface area contributed by atoms with Crippen molar-refractivity contribution in [3.63, 3.8) is 0 Å². The summed E-state index contributed by atoms with van der Waals surface area (Å²) in [5.41, 5.74) is 1.38. The second kappa shape index (κ2) is 11.8. The summed E-state index contributed by atoms with van der Waals surface area (Å²) in [6.45, 7) is 4.68. The third-order valence-corrected chi connectivity index (χ3v) is 5.74. The van der Waals surface area contributed by atoms with Gasteiger partial charge in [-0.3, -0.25) is 14.4 Å². The average Bonchev–Trinajstić information content (AvgIpc) is 3.10. The molecule has 2 N–H and O–H groups in total. The Bertz CT molecular complexity index is 1000. The smallest absolute Gasteiger partial charge is 0.341 e. The van der Waals surface area contributed by atoms with Crippen LogP contribution in [-0.4, -0.2) is 50.6 Å². The Morgan fingerprint density at radius 2 is 1.84 bits per heavy atom. The molecule has 172 valence electrons. The van der Waals surface area contributed by atoms with Crippen LogP contribution in [0.25, 0.3) is 0 Å². The Balaban J connectivity index is 1.89. The van der Waals surface area contributed by atoms with Crippen LogP contribution in [0.4, 0.5) is 5.00 Å². The molecule has 2 amide bonds. The second-order valence-corrected chi connectivity index (χ2v) is 7.66. The highest BCUT2D eigenvalue weighted by Crippen LogP contribution is 2.34. The Hall–Kier alpha value is -3.40. The summed E-state index contributed by atoms with van der Waals surface area (Å²) < 4.78 is 15.0. The standard InChI is InChI=1S/C22H26N2O7S/c1-5-16-13(3)19(22(28)30-6-2)21(32-16)24-17(25)12-31-18(26)11-23-20(27)14-8-7-9-15(10-14)29-4/h7-10H,5-6,11-12H2,1-4H3,(H,23,27)(H,24,25). The molecule has 2 rings (SSSR count). The highest BCUT2D eigenvalue weighted by molar-refractivity contribution is 7.17. The second-order valence-electron chi connectivity index (χ2n) is 6.55. The van der Waals surface area contributed by atoms with Gasteiger partial charge in [-0.2, -0.15) is 0 Å². The summed E-state index contributed by atoms with van der Waals surface area (Å²) in [6.07, 6.45) is 0.695. The van der Waals surface area contributed by atoms with Gasteiger partial charge in [-0.25, -0.2) is 4.79 Å². The van der Waals surface area contributed by atoms with Crippen molar-refractivity contribution in [1.29, 1.82) is 0 Å². The zero-order chi connectivity index (χ0) is 23.7. The number of hydrogen-bond donors (Lipinski definition) is 2. The number of rotatable bonds is 10. The molecule has 0 spiro atoms. The zero-order valence-corrected chi connectivity index (χ0v) is 19.2. The molecule has 0 fully saturated rings. The SMILES string of the molecule is CCOC(=O)c1c(NC(=O)COC(=O)CNC(=O)c2cccc(OC)c2)sc(CC)c1C. The summed E-state index contributed by atoms with van der Waals surface area (Å²) in [4.78, 5) is 49.5. The lowest BCUT2D eigenvalue weighted by Crippen LogP contribution is -2.32. The molecule has 0 atom stereocenters. The van der Waals surface area contributed by atoms with Gasteiger partial charge in [0.05, 0.1) is 19.3 Å². The highest BCUT2D eigenvalue weighted by atomic mass is 32.1. The van der Waals surface area contributed by atoms with Crippen molar-refractivity contribution in [2.75, 3.05) is 32.2 Å². The van der Waals surface area contributed by atoms with Gasteiger partial charge in [0.1, 0.15) is 17.3 Å². The third kappa shape index (κ3) is 6.55. The monoisotopic (exact) mass is 462 g/mol. The van der Waals surface area contributed by atoms with Gasteiger partial charge in [-0.15, -0.1) is 11.3 Å². The normalized spacial score (nSPS) is 10.2. The number of methoxy groups -OCH3 is 1.